The SMILES string of the molecule is COc1ccncc1NC1CCC1. The zero-order valence-electron chi connectivity index (χ0n) is 7.79. The van der Waals surface area contributed by atoms with E-state index in [4.69, 9.17) is 4.74 Å². The summed E-state index contributed by atoms with van der Waals surface area (Å²) in [6.45, 7) is 0. The second-order valence-electron chi connectivity index (χ2n) is 3.35. The third-order valence-corrected chi connectivity index (χ3v) is 2.47. The van der Waals surface area contributed by atoms with E-state index >= 15 is 0 Å². The summed E-state index contributed by atoms with van der Waals surface area (Å²) in [4.78, 5) is 4.06. The molecule has 0 atom stereocenters. The summed E-state index contributed by atoms with van der Waals surface area (Å²) in [6, 6.07) is 2.50. The van der Waals surface area contributed by atoms with E-state index in [1.165, 1.54) is 19.3 Å². The summed E-state index contributed by atoms with van der Waals surface area (Å²) >= 11 is 0. The van der Waals surface area contributed by atoms with Crippen LogP contribution in [0, 0.1) is 0 Å². The van der Waals surface area contributed by atoms with Gasteiger partial charge in [0.05, 0.1) is 19.0 Å². The van der Waals surface area contributed by atoms with Crippen LogP contribution in [0.5, 0.6) is 5.75 Å². The van der Waals surface area contributed by atoms with Crippen molar-refractivity contribution in [2.24, 2.45) is 0 Å². The number of hydrogen-bond acceptors (Lipinski definition) is 3. The summed E-state index contributed by atoms with van der Waals surface area (Å²) in [7, 11) is 1.68. The quantitative estimate of drug-likeness (QED) is 0.769. The monoisotopic (exact) mass is 178 g/mol. The lowest BCUT2D eigenvalue weighted by atomic mass is 9.93. The number of aromatic nitrogens is 1. The fourth-order valence-electron chi connectivity index (χ4n) is 1.44. The molecule has 1 aliphatic rings. The van der Waals surface area contributed by atoms with E-state index in [1.54, 1.807) is 13.3 Å². The van der Waals surface area contributed by atoms with Crippen molar-refractivity contribution in [3.63, 3.8) is 0 Å². The Kier molecular flexibility index (Phi) is 2.34. The molecule has 1 fully saturated rings. The van der Waals surface area contributed by atoms with Crippen molar-refractivity contribution in [3.8, 4) is 5.75 Å². The molecular formula is C10H14N2O. The van der Waals surface area contributed by atoms with Crippen molar-refractivity contribution in [1.29, 1.82) is 0 Å². The van der Waals surface area contributed by atoms with Crippen LogP contribution in [-0.2, 0) is 0 Å². The lowest BCUT2D eigenvalue weighted by molar-refractivity contribution is 0.409. The average molecular weight is 178 g/mol. The fraction of sp³-hybridized carbons (Fsp3) is 0.500. The Morgan fingerprint density at radius 3 is 3.00 bits per heavy atom. The van der Waals surface area contributed by atoms with E-state index in [0.29, 0.717) is 6.04 Å². The maximum absolute atomic E-state index is 5.21. The molecule has 3 nitrogen and oxygen atoms in total. The van der Waals surface area contributed by atoms with Gasteiger partial charge in [0.15, 0.2) is 0 Å². The third-order valence-electron chi connectivity index (χ3n) is 2.47. The number of rotatable bonds is 3. The van der Waals surface area contributed by atoms with Gasteiger partial charge in [-0.3, -0.25) is 4.98 Å². The van der Waals surface area contributed by atoms with Crippen molar-refractivity contribution >= 4 is 5.69 Å². The van der Waals surface area contributed by atoms with Crippen LogP contribution in [0.1, 0.15) is 19.3 Å². The van der Waals surface area contributed by atoms with Gasteiger partial charge in [0, 0.05) is 18.3 Å². The van der Waals surface area contributed by atoms with Gasteiger partial charge >= 0.3 is 0 Å². The van der Waals surface area contributed by atoms with Crippen LogP contribution >= 0.6 is 0 Å². The molecule has 0 amide bonds. The molecule has 0 saturated heterocycles. The summed E-state index contributed by atoms with van der Waals surface area (Å²) in [5, 5.41) is 3.41. The van der Waals surface area contributed by atoms with Gasteiger partial charge in [0.2, 0.25) is 0 Å². The average Bonchev–Trinajstić information content (AvgIpc) is 2.12. The maximum Gasteiger partial charge on any atom is 0.145 e. The Bertz CT molecular complexity index is 284. The normalized spacial score (nSPS) is 16.4. The number of pyridine rings is 1. The first kappa shape index (κ1) is 8.35. The molecule has 1 N–H and O–H groups in total. The number of methoxy groups -OCH3 is 1. The van der Waals surface area contributed by atoms with E-state index in [2.05, 4.69) is 10.3 Å². The molecule has 0 aliphatic heterocycles. The number of anilines is 1. The lowest BCUT2D eigenvalue weighted by Gasteiger charge is -2.27. The van der Waals surface area contributed by atoms with Crippen LogP contribution in [-0.4, -0.2) is 18.1 Å². The van der Waals surface area contributed by atoms with Gasteiger partial charge in [-0.15, -0.1) is 0 Å². The van der Waals surface area contributed by atoms with Crippen molar-refractivity contribution < 1.29 is 4.74 Å². The molecule has 0 bridgehead atoms. The molecule has 1 aromatic rings. The van der Waals surface area contributed by atoms with Gasteiger partial charge in [0.25, 0.3) is 0 Å². The van der Waals surface area contributed by atoms with E-state index in [0.717, 1.165) is 11.4 Å². The number of ether oxygens (including phenoxy) is 1. The predicted molar refractivity (Wildman–Crippen MR) is 52.1 cm³/mol. The standard InChI is InChI=1S/C10H14N2O/c1-13-10-5-6-11-7-9(10)12-8-3-2-4-8/h5-8,12H,2-4H2,1H3. The highest BCUT2D eigenvalue weighted by Crippen LogP contribution is 2.28. The van der Waals surface area contributed by atoms with Crippen molar-refractivity contribution in [2.45, 2.75) is 25.3 Å². The second kappa shape index (κ2) is 3.64. The molecule has 3 heteroatoms. The van der Waals surface area contributed by atoms with Crippen molar-refractivity contribution in [2.75, 3.05) is 12.4 Å². The molecule has 0 unspecified atom stereocenters. The number of hydrogen-bond donors (Lipinski definition) is 1. The fourth-order valence-corrected chi connectivity index (χ4v) is 1.44. The Morgan fingerprint density at radius 2 is 2.38 bits per heavy atom. The second-order valence-corrected chi connectivity index (χ2v) is 3.35. The Morgan fingerprint density at radius 1 is 1.54 bits per heavy atom. The molecule has 2 rings (SSSR count). The van der Waals surface area contributed by atoms with Crippen LogP contribution in [0.3, 0.4) is 0 Å². The number of nitrogens with one attached hydrogen (secondary N) is 1. The topological polar surface area (TPSA) is 34.1 Å². The third kappa shape index (κ3) is 1.74. The van der Waals surface area contributed by atoms with Crippen LogP contribution < -0.4 is 10.1 Å². The van der Waals surface area contributed by atoms with Gasteiger partial charge in [-0.1, -0.05) is 0 Å². The van der Waals surface area contributed by atoms with Gasteiger partial charge in [-0.2, -0.15) is 0 Å². The highest BCUT2D eigenvalue weighted by Gasteiger charge is 2.18. The van der Waals surface area contributed by atoms with Crippen molar-refractivity contribution in [1.82, 2.24) is 4.98 Å². The predicted octanol–water partition coefficient (Wildman–Crippen LogP) is 2.05. The van der Waals surface area contributed by atoms with Crippen LogP contribution in [0.4, 0.5) is 5.69 Å². The lowest BCUT2D eigenvalue weighted by Crippen LogP contribution is -2.27. The molecular weight excluding hydrogens is 164 g/mol. The molecule has 0 spiro atoms. The minimum Gasteiger partial charge on any atom is -0.494 e. The Hall–Kier alpha value is -1.25. The molecule has 0 radical (unpaired) electrons. The van der Waals surface area contributed by atoms with Gasteiger partial charge in [-0.25, -0.2) is 0 Å². The van der Waals surface area contributed by atoms with E-state index in [9.17, 15) is 0 Å². The van der Waals surface area contributed by atoms with E-state index in [1.807, 2.05) is 12.3 Å². The molecule has 1 saturated carbocycles. The largest absolute Gasteiger partial charge is 0.494 e. The molecule has 0 aromatic carbocycles. The molecule has 1 aromatic heterocycles. The van der Waals surface area contributed by atoms with Crippen LogP contribution in [0.2, 0.25) is 0 Å². The molecule has 1 aliphatic carbocycles. The van der Waals surface area contributed by atoms with Crippen LogP contribution in [0.25, 0.3) is 0 Å². The highest BCUT2D eigenvalue weighted by atomic mass is 16.5. The summed E-state index contributed by atoms with van der Waals surface area (Å²) in [5.41, 5.74) is 1.01. The summed E-state index contributed by atoms with van der Waals surface area (Å²) < 4.78 is 5.21. The highest BCUT2D eigenvalue weighted by molar-refractivity contribution is 5.54. The van der Waals surface area contributed by atoms with Gasteiger partial charge in [0.1, 0.15) is 5.75 Å². The molecule has 1 heterocycles. The Labute approximate surface area is 78.1 Å². The molecule has 13 heavy (non-hydrogen) atoms. The van der Waals surface area contributed by atoms with E-state index in [-0.39, 0.29) is 0 Å². The smallest absolute Gasteiger partial charge is 0.145 e. The van der Waals surface area contributed by atoms with Crippen molar-refractivity contribution in [3.05, 3.63) is 18.5 Å². The number of nitrogens with zero attached hydrogens (tertiary/aromatic N) is 1. The first-order valence-corrected chi connectivity index (χ1v) is 4.64. The summed E-state index contributed by atoms with van der Waals surface area (Å²) in [6.07, 6.45) is 7.41. The van der Waals surface area contributed by atoms with Gasteiger partial charge < -0.3 is 10.1 Å². The Balaban J connectivity index is 2.08. The maximum atomic E-state index is 5.21. The van der Waals surface area contributed by atoms with E-state index < -0.39 is 0 Å². The summed E-state index contributed by atoms with van der Waals surface area (Å²) in [5.74, 6) is 0.877. The zero-order valence-corrected chi connectivity index (χ0v) is 7.79. The van der Waals surface area contributed by atoms with Crippen LogP contribution in [0.15, 0.2) is 18.5 Å². The first-order chi connectivity index (χ1) is 6.40. The first-order valence-electron chi connectivity index (χ1n) is 4.64. The minimum absolute atomic E-state index is 0.623. The molecule has 70 valence electrons. The minimum atomic E-state index is 0.623. The zero-order chi connectivity index (χ0) is 9.10. The van der Waals surface area contributed by atoms with Gasteiger partial charge in [-0.05, 0) is 19.3 Å².